The molecule has 0 spiro atoms. The van der Waals surface area contributed by atoms with Crippen molar-refractivity contribution in [3.63, 3.8) is 0 Å². The molecular formula is C16H32N2. The summed E-state index contributed by atoms with van der Waals surface area (Å²) in [5, 5.41) is 3.58. The van der Waals surface area contributed by atoms with Crippen LogP contribution in [-0.4, -0.2) is 37.1 Å². The SMILES string of the molecule is CNC1CCC(C(C)C)CC1N1CCC(C)(C)C1. The van der Waals surface area contributed by atoms with Gasteiger partial charge in [-0.25, -0.2) is 0 Å². The Labute approximate surface area is 114 Å². The summed E-state index contributed by atoms with van der Waals surface area (Å²) in [5.74, 6) is 1.78. The minimum atomic E-state index is 0.531. The molecular weight excluding hydrogens is 220 g/mol. The van der Waals surface area contributed by atoms with E-state index in [1.807, 2.05) is 0 Å². The first-order chi connectivity index (χ1) is 8.43. The largest absolute Gasteiger partial charge is 0.315 e. The van der Waals surface area contributed by atoms with Gasteiger partial charge < -0.3 is 5.32 Å². The maximum atomic E-state index is 3.58. The summed E-state index contributed by atoms with van der Waals surface area (Å²) in [7, 11) is 2.15. The van der Waals surface area contributed by atoms with Crippen LogP contribution >= 0.6 is 0 Å². The number of hydrogen-bond acceptors (Lipinski definition) is 2. The van der Waals surface area contributed by atoms with Crippen LogP contribution in [-0.2, 0) is 0 Å². The quantitative estimate of drug-likeness (QED) is 0.830. The molecule has 2 rings (SSSR count). The maximum absolute atomic E-state index is 3.58. The lowest BCUT2D eigenvalue weighted by Gasteiger charge is -2.43. The number of likely N-dealkylation sites (N-methyl/N-ethyl adjacent to an activating group) is 1. The third-order valence-corrected chi connectivity index (χ3v) is 5.35. The van der Waals surface area contributed by atoms with Crippen LogP contribution in [0.25, 0.3) is 0 Å². The van der Waals surface area contributed by atoms with Gasteiger partial charge in [-0.3, -0.25) is 4.90 Å². The number of hydrogen-bond donors (Lipinski definition) is 1. The third-order valence-electron chi connectivity index (χ3n) is 5.35. The molecule has 2 fully saturated rings. The Morgan fingerprint density at radius 1 is 1.22 bits per heavy atom. The van der Waals surface area contributed by atoms with Crippen molar-refractivity contribution in [2.45, 2.75) is 65.5 Å². The van der Waals surface area contributed by atoms with Crippen LogP contribution < -0.4 is 5.32 Å². The Morgan fingerprint density at radius 2 is 1.94 bits per heavy atom. The zero-order valence-electron chi connectivity index (χ0n) is 13.0. The van der Waals surface area contributed by atoms with Gasteiger partial charge in [0.05, 0.1) is 0 Å². The maximum Gasteiger partial charge on any atom is 0.0252 e. The molecule has 3 unspecified atom stereocenters. The highest BCUT2D eigenvalue weighted by Gasteiger charge is 2.39. The van der Waals surface area contributed by atoms with Crippen molar-refractivity contribution >= 4 is 0 Å². The highest BCUT2D eigenvalue weighted by atomic mass is 15.2. The fourth-order valence-electron chi connectivity index (χ4n) is 3.96. The summed E-state index contributed by atoms with van der Waals surface area (Å²) in [6.45, 7) is 12.2. The Hall–Kier alpha value is -0.0800. The molecule has 0 bridgehead atoms. The molecule has 0 radical (unpaired) electrons. The summed E-state index contributed by atoms with van der Waals surface area (Å²) in [6, 6.07) is 1.49. The highest BCUT2D eigenvalue weighted by Crippen LogP contribution is 2.37. The summed E-state index contributed by atoms with van der Waals surface area (Å²) in [4.78, 5) is 2.77. The zero-order chi connectivity index (χ0) is 13.3. The zero-order valence-corrected chi connectivity index (χ0v) is 13.0. The van der Waals surface area contributed by atoms with E-state index in [4.69, 9.17) is 0 Å². The summed E-state index contributed by atoms with van der Waals surface area (Å²) in [6.07, 6.45) is 5.55. The fraction of sp³-hybridized carbons (Fsp3) is 1.00. The van der Waals surface area contributed by atoms with Gasteiger partial charge in [-0.15, -0.1) is 0 Å². The number of nitrogens with zero attached hydrogens (tertiary/aromatic N) is 1. The van der Waals surface area contributed by atoms with E-state index >= 15 is 0 Å². The van der Waals surface area contributed by atoms with Crippen LogP contribution in [0.1, 0.15) is 53.4 Å². The smallest absolute Gasteiger partial charge is 0.0252 e. The van der Waals surface area contributed by atoms with E-state index in [2.05, 4.69) is 45.0 Å². The van der Waals surface area contributed by atoms with Crippen LogP contribution in [0.3, 0.4) is 0 Å². The van der Waals surface area contributed by atoms with Crippen LogP contribution in [0.4, 0.5) is 0 Å². The van der Waals surface area contributed by atoms with Gasteiger partial charge in [-0.2, -0.15) is 0 Å². The summed E-state index contributed by atoms with van der Waals surface area (Å²) >= 11 is 0. The van der Waals surface area contributed by atoms with E-state index in [9.17, 15) is 0 Å². The number of likely N-dealkylation sites (tertiary alicyclic amines) is 1. The molecule has 106 valence electrons. The molecule has 1 N–H and O–H groups in total. The molecule has 0 aromatic rings. The molecule has 0 aromatic carbocycles. The van der Waals surface area contributed by atoms with Gasteiger partial charge in [-0.05, 0) is 56.5 Å². The first-order valence-electron chi connectivity index (χ1n) is 7.84. The van der Waals surface area contributed by atoms with Crippen LogP contribution in [0.15, 0.2) is 0 Å². The van der Waals surface area contributed by atoms with Gasteiger partial charge in [0.1, 0.15) is 0 Å². The molecule has 2 nitrogen and oxygen atoms in total. The van der Waals surface area contributed by atoms with E-state index in [-0.39, 0.29) is 0 Å². The fourth-order valence-corrected chi connectivity index (χ4v) is 3.96. The van der Waals surface area contributed by atoms with E-state index in [1.54, 1.807) is 0 Å². The Kier molecular flexibility index (Phi) is 4.38. The third kappa shape index (κ3) is 3.08. The van der Waals surface area contributed by atoms with Gasteiger partial charge in [0.25, 0.3) is 0 Å². The predicted molar refractivity (Wildman–Crippen MR) is 78.8 cm³/mol. The van der Waals surface area contributed by atoms with Crippen LogP contribution in [0, 0.1) is 17.3 Å². The lowest BCUT2D eigenvalue weighted by molar-refractivity contribution is 0.0968. The molecule has 2 aliphatic rings. The van der Waals surface area contributed by atoms with Gasteiger partial charge in [0.2, 0.25) is 0 Å². The standard InChI is InChI=1S/C16H32N2/c1-12(2)13-6-7-14(17-5)15(10-13)18-9-8-16(3,4)11-18/h12-15,17H,6-11H2,1-5H3. The summed E-state index contributed by atoms with van der Waals surface area (Å²) < 4.78 is 0. The molecule has 1 aliphatic carbocycles. The van der Waals surface area contributed by atoms with E-state index in [0.717, 1.165) is 17.9 Å². The van der Waals surface area contributed by atoms with E-state index in [0.29, 0.717) is 11.5 Å². The molecule has 1 heterocycles. The van der Waals surface area contributed by atoms with E-state index in [1.165, 1.54) is 38.8 Å². The normalized spacial score (nSPS) is 37.3. The van der Waals surface area contributed by atoms with Crippen molar-refractivity contribution in [3.8, 4) is 0 Å². The molecule has 1 aliphatic heterocycles. The number of nitrogens with one attached hydrogen (secondary N) is 1. The van der Waals surface area contributed by atoms with Gasteiger partial charge in [0.15, 0.2) is 0 Å². The molecule has 0 aromatic heterocycles. The van der Waals surface area contributed by atoms with Crippen molar-refractivity contribution in [1.82, 2.24) is 10.2 Å². The van der Waals surface area contributed by atoms with Crippen LogP contribution in [0.5, 0.6) is 0 Å². The van der Waals surface area contributed by atoms with E-state index < -0.39 is 0 Å². The topological polar surface area (TPSA) is 15.3 Å². The van der Waals surface area contributed by atoms with Crippen molar-refractivity contribution in [2.24, 2.45) is 17.3 Å². The molecule has 1 saturated carbocycles. The minimum absolute atomic E-state index is 0.531. The Balaban J connectivity index is 2.02. The average molecular weight is 252 g/mol. The second-order valence-corrected chi connectivity index (χ2v) is 7.66. The van der Waals surface area contributed by atoms with Gasteiger partial charge in [0, 0.05) is 18.6 Å². The molecule has 0 amide bonds. The predicted octanol–water partition coefficient (Wildman–Crippen LogP) is 3.13. The van der Waals surface area contributed by atoms with Gasteiger partial charge >= 0.3 is 0 Å². The second kappa shape index (κ2) is 5.50. The second-order valence-electron chi connectivity index (χ2n) is 7.66. The first-order valence-corrected chi connectivity index (χ1v) is 7.84. The Bertz CT molecular complexity index is 272. The average Bonchev–Trinajstić information content (AvgIpc) is 2.68. The minimum Gasteiger partial charge on any atom is -0.315 e. The first kappa shape index (κ1) is 14.3. The van der Waals surface area contributed by atoms with Crippen molar-refractivity contribution in [3.05, 3.63) is 0 Å². The van der Waals surface area contributed by atoms with Crippen LogP contribution in [0.2, 0.25) is 0 Å². The highest BCUT2D eigenvalue weighted by molar-refractivity contribution is 4.95. The lowest BCUT2D eigenvalue weighted by Crippen LogP contribution is -2.52. The number of rotatable bonds is 3. The van der Waals surface area contributed by atoms with Crippen molar-refractivity contribution in [2.75, 3.05) is 20.1 Å². The van der Waals surface area contributed by atoms with Crippen molar-refractivity contribution < 1.29 is 0 Å². The monoisotopic (exact) mass is 252 g/mol. The molecule has 18 heavy (non-hydrogen) atoms. The molecule has 1 saturated heterocycles. The molecule has 2 heteroatoms. The molecule has 3 atom stereocenters. The van der Waals surface area contributed by atoms with Crippen molar-refractivity contribution in [1.29, 1.82) is 0 Å². The summed E-state index contributed by atoms with van der Waals surface area (Å²) in [5.41, 5.74) is 0.531. The Morgan fingerprint density at radius 3 is 2.44 bits per heavy atom. The lowest BCUT2D eigenvalue weighted by atomic mass is 9.76. The van der Waals surface area contributed by atoms with Gasteiger partial charge in [-0.1, -0.05) is 27.7 Å².